The van der Waals surface area contributed by atoms with Crippen molar-refractivity contribution in [1.29, 1.82) is 0 Å². The summed E-state index contributed by atoms with van der Waals surface area (Å²) in [6.45, 7) is 4.74. The first-order valence-electron chi connectivity index (χ1n) is 7.53. The van der Waals surface area contributed by atoms with E-state index in [9.17, 15) is 9.59 Å². The van der Waals surface area contributed by atoms with Crippen LogP contribution in [-0.4, -0.2) is 41.8 Å². The number of urea groups is 1. The summed E-state index contributed by atoms with van der Waals surface area (Å²) in [5.74, 6) is -0.494. The Labute approximate surface area is 140 Å². The van der Waals surface area contributed by atoms with Crippen LogP contribution >= 0.6 is 11.6 Å². The molecule has 1 aromatic rings. The van der Waals surface area contributed by atoms with Crippen LogP contribution in [0.4, 0.5) is 4.79 Å². The van der Waals surface area contributed by atoms with Crippen LogP contribution in [-0.2, 0) is 4.79 Å². The van der Waals surface area contributed by atoms with Crippen molar-refractivity contribution in [2.45, 2.75) is 26.7 Å². The smallest absolute Gasteiger partial charge is 0.320 e. The molecule has 23 heavy (non-hydrogen) atoms. The van der Waals surface area contributed by atoms with Gasteiger partial charge in [0, 0.05) is 18.1 Å². The molecule has 0 radical (unpaired) electrons. The molecule has 0 aromatic heterocycles. The van der Waals surface area contributed by atoms with Gasteiger partial charge in [-0.3, -0.25) is 4.79 Å². The van der Waals surface area contributed by atoms with E-state index in [1.54, 1.807) is 4.90 Å². The highest BCUT2D eigenvalue weighted by Crippen LogP contribution is 2.25. The van der Waals surface area contributed by atoms with E-state index in [1.807, 2.05) is 26.0 Å². The topological polar surface area (TPSA) is 78.9 Å². The van der Waals surface area contributed by atoms with Gasteiger partial charge in [0.05, 0.1) is 5.92 Å². The summed E-state index contributed by atoms with van der Waals surface area (Å²) in [5.41, 5.74) is 1.84. The molecule has 0 aliphatic carbocycles. The molecule has 2 rings (SSSR count). The fourth-order valence-corrected chi connectivity index (χ4v) is 2.72. The van der Waals surface area contributed by atoms with Crippen LogP contribution in [0.2, 0.25) is 5.02 Å². The molecule has 0 unspecified atom stereocenters. The Hall–Kier alpha value is -1.95. The van der Waals surface area contributed by atoms with Crippen molar-refractivity contribution in [3.05, 3.63) is 28.3 Å². The molecule has 1 heterocycles. The van der Waals surface area contributed by atoms with Crippen molar-refractivity contribution in [3.63, 3.8) is 0 Å². The van der Waals surface area contributed by atoms with Gasteiger partial charge in [-0.15, -0.1) is 0 Å². The summed E-state index contributed by atoms with van der Waals surface area (Å²) in [7, 11) is 0. The molecule has 1 aliphatic heterocycles. The lowest BCUT2D eigenvalue weighted by Crippen LogP contribution is -2.46. The molecule has 1 aliphatic rings. The van der Waals surface area contributed by atoms with E-state index < -0.39 is 5.97 Å². The van der Waals surface area contributed by atoms with Gasteiger partial charge in [-0.25, -0.2) is 4.79 Å². The van der Waals surface area contributed by atoms with E-state index in [-0.39, 0.29) is 18.7 Å². The molecule has 7 heteroatoms. The Kier molecular flexibility index (Phi) is 5.71. The van der Waals surface area contributed by atoms with Gasteiger partial charge < -0.3 is 20.1 Å². The highest BCUT2D eigenvalue weighted by molar-refractivity contribution is 6.32. The summed E-state index contributed by atoms with van der Waals surface area (Å²) in [4.78, 5) is 24.5. The van der Waals surface area contributed by atoms with Crippen LogP contribution in [0.1, 0.15) is 24.0 Å². The molecule has 6 nitrogen and oxygen atoms in total. The minimum absolute atomic E-state index is 0.0538. The van der Waals surface area contributed by atoms with Gasteiger partial charge in [0.1, 0.15) is 5.75 Å². The number of aryl methyl sites for hydroxylation is 2. The van der Waals surface area contributed by atoms with E-state index in [0.29, 0.717) is 36.7 Å². The lowest BCUT2D eigenvalue weighted by molar-refractivity contribution is -0.143. The largest absolute Gasteiger partial charge is 0.481 e. The number of carboxylic acids is 1. The fourth-order valence-electron chi connectivity index (χ4n) is 2.61. The number of nitrogens with zero attached hydrogens (tertiary/aromatic N) is 1. The number of ether oxygens (including phenoxy) is 1. The summed E-state index contributed by atoms with van der Waals surface area (Å²) in [6.07, 6.45) is 0.971. The van der Waals surface area contributed by atoms with Gasteiger partial charge >= 0.3 is 12.0 Å². The monoisotopic (exact) mass is 340 g/mol. The Morgan fingerprint density at radius 3 is 2.39 bits per heavy atom. The van der Waals surface area contributed by atoms with Gasteiger partial charge in [-0.05, 0) is 49.9 Å². The summed E-state index contributed by atoms with van der Waals surface area (Å²) in [6, 6.07) is 3.40. The predicted octanol–water partition coefficient (Wildman–Crippen LogP) is 2.80. The highest BCUT2D eigenvalue weighted by Gasteiger charge is 2.26. The molecular weight excluding hydrogens is 320 g/mol. The molecule has 0 bridgehead atoms. The number of rotatable bonds is 4. The Balaban J connectivity index is 1.78. The predicted molar refractivity (Wildman–Crippen MR) is 86.9 cm³/mol. The van der Waals surface area contributed by atoms with Crippen molar-refractivity contribution >= 4 is 23.6 Å². The first-order valence-corrected chi connectivity index (χ1v) is 7.91. The minimum Gasteiger partial charge on any atom is -0.481 e. The van der Waals surface area contributed by atoms with Crippen molar-refractivity contribution in [3.8, 4) is 5.75 Å². The number of likely N-dealkylation sites (tertiary alicyclic amines) is 1. The summed E-state index contributed by atoms with van der Waals surface area (Å²) < 4.78 is 5.53. The molecular formula is C16H21ClN2O4. The van der Waals surface area contributed by atoms with Gasteiger partial charge in [0.25, 0.3) is 0 Å². The molecule has 0 spiro atoms. The number of amides is 2. The van der Waals surface area contributed by atoms with Crippen molar-refractivity contribution in [1.82, 2.24) is 10.2 Å². The van der Waals surface area contributed by atoms with Crippen LogP contribution < -0.4 is 10.1 Å². The standard InChI is InChI=1S/C16H21ClN2O4/c1-10-7-13(8-11(2)14(10)17)23-9-18-16(22)19-5-3-12(4-6-19)15(20)21/h7-8,12H,3-6,9H2,1-2H3,(H,18,22)(H,20,21). The maximum absolute atomic E-state index is 12.0. The molecule has 0 saturated carbocycles. The number of aliphatic carboxylic acids is 1. The molecule has 126 valence electrons. The van der Waals surface area contributed by atoms with Crippen LogP contribution in [0.15, 0.2) is 12.1 Å². The quantitative estimate of drug-likeness (QED) is 0.826. The third kappa shape index (κ3) is 4.51. The second-order valence-electron chi connectivity index (χ2n) is 5.74. The average molecular weight is 341 g/mol. The zero-order chi connectivity index (χ0) is 17.0. The van der Waals surface area contributed by atoms with Crippen LogP contribution in [0.25, 0.3) is 0 Å². The van der Waals surface area contributed by atoms with E-state index >= 15 is 0 Å². The normalized spacial score (nSPS) is 15.3. The third-order valence-electron chi connectivity index (χ3n) is 4.00. The maximum atomic E-state index is 12.0. The van der Waals surface area contributed by atoms with E-state index in [4.69, 9.17) is 21.4 Å². The van der Waals surface area contributed by atoms with Crippen LogP contribution in [0.5, 0.6) is 5.75 Å². The molecule has 1 fully saturated rings. The number of carboxylic acid groups (broad SMARTS) is 1. The minimum atomic E-state index is -0.790. The molecule has 2 amide bonds. The number of piperidine rings is 1. The van der Waals surface area contributed by atoms with Crippen LogP contribution in [0, 0.1) is 19.8 Å². The van der Waals surface area contributed by atoms with E-state index in [2.05, 4.69) is 5.32 Å². The third-order valence-corrected chi connectivity index (χ3v) is 4.60. The lowest BCUT2D eigenvalue weighted by Gasteiger charge is -2.30. The Morgan fingerprint density at radius 2 is 1.87 bits per heavy atom. The number of carbonyl (C=O) groups excluding carboxylic acids is 1. The summed E-state index contributed by atoms with van der Waals surface area (Å²) in [5, 5.41) is 12.3. The molecule has 1 saturated heterocycles. The average Bonchev–Trinajstić information content (AvgIpc) is 2.52. The first-order chi connectivity index (χ1) is 10.9. The highest BCUT2D eigenvalue weighted by atomic mass is 35.5. The van der Waals surface area contributed by atoms with Gasteiger partial charge in [-0.2, -0.15) is 0 Å². The number of hydrogen-bond acceptors (Lipinski definition) is 3. The number of hydrogen-bond donors (Lipinski definition) is 2. The fraction of sp³-hybridized carbons (Fsp3) is 0.500. The Morgan fingerprint density at radius 1 is 1.30 bits per heavy atom. The van der Waals surface area contributed by atoms with Gasteiger partial charge in [0.15, 0.2) is 6.73 Å². The molecule has 0 atom stereocenters. The van der Waals surface area contributed by atoms with Crippen molar-refractivity contribution in [2.24, 2.45) is 5.92 Å². The number of halogens is 1. The Bertz CT molecular complexity index is 575. The zero-order valence-corrected chi connectivity index (χ0v) is 14.0. The van der Waals surface area contributed by atoms with Gasteiger partial charge in [-0.1, -0.05) is 11.6 Å². The first kappa shape index (κ1) is 17.4. The zero-order valence-electron chi connectivity index (χ0n) is 13.3. The van der Waals surface area contributed by atoms with Gasteiger partial charge in [0.2, 0.25) is 0 Å². The number of nitrogens with one attached hydrogen (secondary N) is 1. The van der Waals surface area contributed by atoms with E-state index in [0.717, 1.165) is 11.1 Å². The molecule has 1 aromatic carbocycles. The molecule has 2 N–H and O–H groups in total. The number of carbonyl (C=O) groups is 2. The van der Waals surface area contributed by atoms with E-state index in [1.165, 1.54) is 0 Å². The SMILES string of the molecule is Cc1cc(OCNC(=O)N2CCC(C(=O)O)CC2)cc(C)c1Cl. The van der Waals surface area contributed by atoms with Crippen LogP contribution in [0.3, 0.4) is 0 Å². The van der Waals surface area contributed by atoms with Crippen molar-refractivity contribution in [2.75, 3.05) is 19.8 Å². The second kappa shape index (κ2) is 7.55. The van der Waals surface area contributed by atoms with Crippen molar-refractivity contribution < 1.29 is 19.4 Å². The number of benzene rings is 1. The second-order valence-corrected chi connectivity index (χ2v) is 6.12. The maximum Gasteiger partial charge on any atom is 0.320 e. The summed E-state index contributed by atoms with van der Waals surface area (Å²) >= 11 is 6.10. The lowest BCUT2D eigenvalue weighted by atomic mass is 9.97.